The van der Waals surface area contributed by atoms with Crippen LogP contribution in [0, 0.1) is 0 Å². The molecule has 0 bridgehead atoms. The lowest BCUT2D eigenvalue weighted by Crippen LogP contribution is -2.23. The molecule has 0 aliphatic heterocycles. The van der Waals surface area contributed by atoms with Crippen LogP contribution in [-0.2, 0) is 6.61 Å². The number of hydrazone groups is 1. The lowest BCUT2D eigenvalue weighted by Gasteiger charge is -2.09. The molecule has 0 aliphatic carbocycles. The molecular weight excluding hydrogens is 341 g/mol. The zero-order chi connectivity index (χ0) is 15.9. The molecule has 0 amide bonds. The summed E-state index contributed by atoms with van der Waals surface area (Å²) < 4.78 is 5.68. The smallest absolute Gasteiger partial charge is 0.184 e. The van der Waals surface area contributed by atoms with E-state index in [4.69, 9.17) is 33.7 Å². The first-order chi connectivity index (χ1) is 10.6. The number of nitrogens with two attached hydrogens (primary N) is 1. The summed E-state index contributed by atoms with van der Waals surface area (Å²) in [6.45, 7) is 0.301. The normalized spacial score (nSPS) is 10.6. The number of hydrogen-bond donors (Lipinski definition) is 2. The van der Waals surface area contributed by atoms with Crippen molar-refractivity contribution in [1.82, 2.24) is 5.43 Å². The Hall–Kier alpha value is -1.82. The molecule has 22 heavy (non-hydrogen) atoms. The molecule has 114 valence electrons. The highest BCUT2D eigenvalue weighted by atomic mass is 35.5. The van der Waals surface area contributed by atoms with Crippen molar-refractivity contribution in [2.24, 2.45) is 10.8 Å². The maximum absolute atomic E-state index is 6.09. The summed E-state index contributed by atoms with van der Waals surface area (Å²) in [5.74, 6) is 0.704. The Morgan fingerprint density at radius 1 is 1.18 bits per heavy atom. The lowest BCUT2D eigenvalue weighted by atomic mass is 10.2. The first kappa shape index (κ1) is 16.5. The molecule has 2 rings (SSSR count). The molecule has 0 aliphatic rings. The van der Waals surface area contributed by atoms with Gasteiger partial charge >= 0.3 is 0 Å². The average molecular weight is 354 g/mol. The van der Waals surface area contributed by atoms with Gasteiger partial charge in [0.05, 0.1) is 6.21 Å². The Labute approximate surface area is 143 Å². The van der Waals surface area contributed by atoms with E-state index >= 15 is 0 Å². The van der Waals surface area contributed by atoms with E-state index in [-0.39, 0.29) is 5.11 Å². The summed E-state index contributed by atoms with van der Waals surface area (Å²) in [7, 11) is 0. The number of nitrogens with one attached hydrogen (secondary N) is 1. The minimum Gasteiger partial charge on any atom is -0.489 e. The van der Waals surface area contributed by atoms with E-state index in [1.807, 2.05) is 24.3 Å². The van der Waals surface area contributed by atoms with Crippen LogP contribution in [0.1, 0.15) is 11.1 Å². The predicted molar refractivity (Wildman–Crippen MR) is 94.8 cm³/mol. The minimum atomic E-state index is 0.118. The fourth-order valence-electron chi connectivity index (χ4n) is 1.65. The Balaban J connectivity index is 1.97. The third-order valence-corrected chi connectivity index (χ3v) is 3.51. The van der Waals surface area contributed by atoms with E-state index < -0.39 is 0 Å². The number of thiocarbonyl (C=S) groups is 1. The molecule has 0 atom stereocenters. The molecule has 0 saturated carbocycles. The van der Waals surface area contributed by atoms with Gasteiger partial charge in [-0.25, -0.2) is 0 Å². The second-order valence-electron chi connectivity index (χ2n) is 4.29. The van der Waals surface area contributed by atoms with Gasteiger partial charge in [0, 0.05) is 15.6 Å². The summed E-state index contributed by atoms with van der Waals surface area (Å²) >= 11 is 16.8. The van der Waals surface area contributed by atoms with Crippen molar-refractivity contribution in [2.75, 3.05) is 0 Å². The summed E-state index contributed by atoms with van der Waals surface area (Å²) in [6.07, 6.45) is 1.61. The van der Waals surface area contributed by atoms with E-state index in [0.717, 1.165) is 11.1 Å². The summed E-state index contributed by atoms with van der Waals surface area (Å²) in [5.41, 5.74) is 9.39. The molecule has 0 unspecified atom stereocenters. The number of hydrogen-bond acceptors (Lipinski definition) is 3. The molecule has 0 saturated heterocycles. The van der Waals surface area contributed by atoms with Crippen molar-refractivity contribution in [3.05, 3.63) is 63.6 Å². The molecule has 0 aromatic heterocycles. The van der Waals surface area contributed by atoms with Gasteiger partial charge in [0.2, 0.25) is 0 Å². The Kier molecular flexibility index (Phi) is 6.00. The Morgan fingerprint density at radius 2 is 1.82 bits per heavy atom. The monoisotopic (exact) mass is 353 g/mol. The zero-order valence-corrected chi connectivity index (χ0v) is 13.8. The van der Waals surface area contributed by atoms with Crippen molar-refractivity contribution in [1.29, 1.82) is 0 Å². The third kappa shape index (κ3) is 4.87. The van der Waals surface area contributed by atoms with Crippen molar-refractivity contribution in [3.63, 3.8) is 0 Å². The van der Waals surface area contributed by atoms with Crippen LogP contribution in [0.5, 0.6) is 5.75 Å². The van der Waals surface area contributed by atoms with E-state index in [1.165, 1.54) is 0 Å². The quantitative estimate of drug-likeness (QED) is 0.488. The first-order valence-electron chi connectivity index (χ1n) is 6.30. The molecule has 4 nitrogen and oxygen atoms in total. The maximum atomic E-state index is 6.09. The fourth-order valence-corrected chi connectivity index (χ4v) is 2.21. The second-order valence-corrected chi connectivity index (χ2v) is 5.55. The van der Waals surface area contributed by atoms with Crippen molar-refractivity contribution >= 4 is 46.7 Å². The summed E-state index contributed by atoms with van der Waals surface area (Å²) in [4.78, 5) is 0. The van der Waals surface area contributed by atoms with Gasteiger partial charge < -0.3 is 10.5 Å². The molecular formula is C15H13Cl2N3OS. The topological polar surface area (TPSA) is 59.6 Å². The van der Waals surface area contributed by atoms with E-state index in [0.29, 0.717) is 22.4 Å². The van der Waals surface area contributed by atoms with Crippen LogP contribution in [0.2, 0.25) is 10.0 Å². The van der Waals surface area contributed by atoms with Crippen LogP contribution in [0.4, 0.5) is 0 Å². The molecule has 3 N–H and O–H groups in total. The number of ether oxygens (including phenoxy) is 1. The van der Waals surface area contributed by atoms with Crippen LogP contribution in [0.3, 0.4) is 0 Å². The molecule has 0 fully saturated rings. The van der Waals surface area contributed by atoms with E-state index in [2.05, 4.69) is 22.7 Å². The molecule has 2 aromatic rings. The largest absolute Gasteiger partial charge is 0.489 e. The first-order valence-corrected chi connectivity index (χ1v) is 7.47. The SMILES string of the molecule is NC(=S)NN=Cc1ccc(OCc2c(Cl)cccc2Cl)cc1. The number of nitrogens with zero attached hydrogens (tertiary/aromatic N) is 1. The van der Waals surface area contributed by atoms with Crippen molar-refractivity contribution in [2.45, 2.75) is 6.61 Å². The van der Waals surface area contributed by atoms with Crippen LogP contribution >= 0.6 is 35.4 Å². The number of halogens is 2. The zero-order valence-electron chi connectivity index (χ0n) is 11.4. The molecule has 0 radical (unpaired) electrons. The molecule has 0 heterocycles. The van der Waals surface area contributed by atoms with Crippen LogP contribution in [-0.4, -0.2) is 11.3 Å². The molecule has 7 heteroatoms. The van der Waals surface area contributed by atoms with Gasteiger partial charge in [0.25, 0.3) is 0 Å². The maximum Gasteiger partial charge on any atom is 0.184 e. The van der Waals surface area contributed by atoms with Crippen LogP contribution in [0.25, 0.3) is 0 Å². The van der Waals surface area contributed by atoms with E-state index in [1.54, 1.807) is 24.4 Å². The Morgan fingerprint density at radius 3 is 2.41 bits per heavy atom. The van der Waals surface area contributed by atoms with Gasteiger partial charge in [0.1, 0.15) is 12.4 Å². The predicted octanol–water partition coefficient (Wildman–Crippen LogP) is 3.74. The third-order valence-electron chi connectivity index (χ3n) is 2.71. The highest BCUT2D eigenvalue weighted by Gasteiger charge is 2.06. The van der Waals surface area contributed by atoms with Crippen LogP contribution < -0.4 is 15.9 Å². The minimum absolute atomic E-state index is 0.118. The molecule has 2 aromatic carbocycles. The fraction of sp³-hybridized carbons (Fsp3) is 0.0667. The second kappa shape index (κ2) is 7.98. The van der Waals surface area contributed by atoms with Gasteiger partial charge in [-0.2, -0.15) is 5.10 Å². The van der Waals surface area contributed by atoms with Gasteiger partial charge in [-0.05, 0) is 54.2 Å². The number of rotatable bonds is 5. The highest BCUT2D eigenvalue weighted by Crippen LogP contribution is 2.25. The highest BCUT2D eigenvalue weighted by molar-refractivity contribution is 7.80. The standard InChI is InChI=1S/C15H13Cl2N3OS/c16-13-2-1-3-14(17)12(13)9-21-11-6-4-10(5-7-11)8-19-20-15(18)22/h1-8H,9H2,(H3,18,20,22). The average Bonchev–Trinajstić information content (AvgIpc) is 2.48. The molecule has 0 spiro atoms. The Bertz CT molecular complexity index is 669. The van der Waals surface area contributed by atoms with Crippen molar-refractivity contribution < 1.29 is 4.74 Å². The lowest BCUT2D eigenvalue weighted by molar-refractivity contribution is 0.306. The van der Waals surface area contributed by atoms with Crippen molar-refractivity contribution in [3.8, 4) is 5.75 Å². The van der Waals surface area contributed by atoms with Gasteiger partial charge in [-0.15, -0.1) is 0 Å². The van der Waals surface area contributed by atoms with Crippen LogP contribution in [0.15, 0.2) is 47.6 Å². The number of benzene rings is 2. The summed E-state index contributed by atoms with van der Waals surface area (Å²) in [6, 6.07) is 12.7. The summed E-state index contributed by atoms with van der Waals surface area (Å²) in [5, 5.41) is 5.16. The van der Waals surface area contributed by atoms with Gasteiger partial charge in [0.15, 0.2) is 5.11 Å². The van der Waals surface area contributed by atoms with Gasteiger partial charge in [-0.3, -0.25) is 5.43 Å². The van der Waals surface area contributed by atoms with E-state index in [9.17, 15) is 0 Å². The van der Waals surface area contributed by atoms with Gasteiger partial charge in [-0.1, -0.05) is 29.3 Å².